The molecule has 1 heterocycles. The zero-order valence-electron chi connectivity index (χ0n) is 8.67. The van der Waals surface area contributed by atoms with Gasteiger partial charge in [0.05, 0.1) is 10.4 Å². The first-order chi connectivity index (χ1) is 7.89. The Morgan fingerprint density at radius 2 is 1.82 bits per heavy atom. The minimum Gasteiger partial charge on any atom is -0.311 e. The normalized spacial score (nSPS) is 21.1. The zero-order chi connectivity index (χ0) is 12.6. The Balaban J connectivity index is 2.22. The van der Waals surface area contributed by atoms with Crippen molar-refractivity contribution < 1.29 is 18.0 Å². The standard InChI is InChI=1S/C11H9BrF3NO/c12-9-5-6-16(10(9)17)8-3-1-7(2-4-8)11(13,14)15/h1-4,9H,5-6H2/t9-/m0/s1. The van der Waals surface area contributed by atoms with Gasteiger partial charge in [0.15, 0.2) is 0 Å². The molecule has 92 valence electrons. The van der Waals surface area contributed by atoms with E-state index in [1.54, 1.807) is 0 Å². The van der Waals surface area contributed by atoms with Crippen molar-refractivity contribution in [2.75, 3.05) is 11.4 Å². The van der Waals surface area contributed by atoms with Crippen LogP contribution >= 0.6 is 15.9 Å². The average molecular weight is 308 g/mol. The molecule has 1 aromatic rings. The number of rotatable bonds is 1. The fourth-order valence-electron chi connectivity index (χ4n) is 1.73. The highest BCUT2D eigenvalue weighted by atomic mass is 79.9. The summed E-state index contributed by atoms with van der Waals surface area (Å²) in [6.07, 6.45) is -3.68. The second kappa shape index (κ2) is 4.33. The molecule has 1 amide bonds. The molecule has 0 spiro atoms. The van der Waals surface area contributed by atoms with Gasteiger partial charge in [0.2, 0.25) is 5.91 Å². The first-order valence-electron chi connectivity index (χ1n) is 5.02. The van der Waals surface area contributed by atoms with Crippen molar-refractivity contribution in [2.45, 2.75) is 17.4 Å². The van der Waals surface area contributed by atoms with Gasteiger partial charge in [-0.15, -0.1) is 0 Å². The molecule has 0 aromatic heterocycles. The van der Waals surface area contributed by atoms with Crippen LogP contribution in [0.4, 0.5) is 18.9 Å². The maximum Gasteiger partial charge on any atom is 0.416 e. The van der Waals surface area contributed by atoms with Gasteiger partial charge in [0, 0.05) is 12.2 Å². The van der Waals surface area contributed by atoms with E-state index in [2.05, 4.69) is 15.9 Å². The summed E-state index contributed by atoms with van der Waals surface area (Å²) in [5.41, 5.74) is -0.201. The third-order valence-corrected chi connectivity index (χ3v) is 3.50. The molecular formula is C11H9BrF3NO. The number of hydrogen-bond donors (Lipinski definition) is 0. The maximum atomic E-state index is 12.3. The summed E-state index contributed by atoms with van der Waals surface area (Å²) in [5.74, 6) is -0.107. The number of benzene rings is 1. The number of anilines is 1. The van der Waals surface area contributed by atoms with Crippen LogP contribution in [0.5, 0.6) is 0 Å². The van der Waals surface area contributed by atoms with Crippen LogP contribution in [0.2, 0.25) is 0 Å². The summed E-state index contributed by atoms with van der Waals surface area (Å²) in [7, 11) is 0. The number of halogens is 4. The van der Waals surface area contributed by atoms with E-state index in [0.29, 0.717) is 18.7 Å². The molecule has 1 aliphatic rings. The number of nitrogens with zero attached hydrogens (tertiary/aromatic N) is 1. The lowest BCUT2D eigenvalue weighted by atomic mass is 10.2. The van der Waals surface area contributed by atoms with Crippen molar-refractivity contribution in [2.24, 2.45) is 0 Å². The lowest BCUT2D eigenvalue weighted by molar-refractivity contribution is -0.137. The number of alkyl halides is 4. The molecule has 0 radical (unpaired) electrons. The largest absolute Gasteiger partial charge is 0.416 e. The first kappa shape index (κ1) is 12.4. The van der Waals surface area contributed by atoms with Crippen molar-refractivity contribution >= 4 is 27.5 Å². The highest BCUT2D eigenvalue weighted by molar-refractivity contribution is 9.10. The molecule has 0 saturated carbocycles. The third kappa shape index (κ3) is 2.46. The Morgan fingerprint density at radius 1 is 1.24 bits per heavy atom. The predicted molar refractivity (Wildman–Crippen MR) is 61.1 cm³/mol. The molecule has 6 heteroatoms. The third-order valence-electron chi connectivity index (χ3n) is 2.65. The molecular weight excluding hydrogens is 299 g/mol. The van der Waals surface area contributed by atoms with Gasteiger partial charge in [-0.1, -0.05) is 15.9 Å². The van der Waals surface area contributed by atoms with Crippen LogP contribution in [-0.2, 0) is 11.0 Å². The molecule has 1 saturated heterocycles. The SMILES string of the molecule is O=C1[C@@H](Br)CCN1c1ccc(C(F)(F)F)cc1. The zero-order valence-corrected chi connectivity index (χ0v) is 10.3. The van der Waals surface area contributed by atoms with Crippen LogP contribution in [-0.4, -0.2) is 17.3 Å². The number of amides is 1. The van der Waals surface area contributed by atoms with E-state index in [1.807, 2.05) is 0 Å². The Kier molecular flexibility index (Phi) is 3.16. The summed E-state index contributed by atoms with van der Waals surface area (Å²) in [6, 6.07) is 4.63. The van der Waals surface area contributed by atoms with Crippen molar-refractivity contribution in [1.29, 1.82) is 0 Å². The van der Waals surface area contributed by atoms with Crippen LogP contribution in [0, 0.1) is 0 Å². The van der Waals surface area contributed by atoms with Crippen molar-refractivity contribution in [3.05, 3.63) is 29.8 Å². The maximum absolute atomic E-state index is 12.3. The van der Waals surface area contributed by atoms with Crippen molar-refractivity contribution in [3.63, 3.8) is 0 Å². The lowest BCUT2D eigenvalue weighted by Gasteiger charge is -2.16. The van der Waals surface area contributed by atoms with E-state index in [0.717, 1.165) is 12.1 Å². The smallest absolute Gasteiger partial charge is 0.311 e. The summed E-state index contributed by atoms with van der Waals surface area (Å²) >= 11 is 3.22. The monoisotopic (exact) mass is 307 g/mol. The fraction of sp³-hybridized carbons (Fsp3) is 0.364. The van der Waals surface area contributed by atoms with Gasteiger partial charge in [0.25, 0.3) is 0 Å². The van der Waals surface area contributed by atoms with Gasteiger partial charge >= 0.3 is 6.18 Å². The van der Waals surface area contributed by atoms with E-state index in [9.17, 15) is 18.0 Å². The molecule has 1 aromatic carbocycles. The second-order valence-corrected chi connectivity index (χ2v) is 4.90. The molecule has 0 N–H and O–H groups in total. The van der Waals surface area contributed by atoms with E-state index in [-0.39, 0.29) is 10.7 Å². The minimum atomic E-state index is -4.34. The van der Waals surface area contributed by atoms with E-state index in [4.69, 9.17) is 0 Å². The van der Waals surface area contributed by atoms with Gasteiger partial charge in [-0.25, -0.2) is 0 Å². The summed E-state index contributed by atoms with van der Waals surface area (Å²) in [6.45, 7) is 0.528. The molecule has 0 bridgehead atoms. The van der Waals surface area contributed by atoms with E-state index < -0.39 is 11.7 Å². The average Bonchev–Trinajstić information content (AvgIpc) is 2.59. The number of hydrogen-bond acceptors (Lipinski definition) is 1. The molecule has 0 unspecified atom stereocenters. The fourth-order valence-corrected chi connectivity index (χ4v) is 2.18. The van der Waals surface area contributed by atoms with Gasteiger partial charge in [-0.05, 0) is 30.7 Å². The summed E-state index contributed by atoms with van der Waals surface area (Å²) < 4.78 is 37.0. The number of carbonyl (C=O) groups excluding carboxylic acids is 1. The quantitative estimate of drug-likeness (QED) is 0.730. The van der Waals surface area contributed by atoms with E-state index in [1.165, 1.54) is 17.0 Å². The molecule has 2 rings (SSSR count). The van der Waals surface area contributed by atoms with Gasteiger partial charge in [-0.2, -0.15) is 13.2 Å². The Hall–Kier alpha value is -1.04. The van der Waals surface area contributed by atoms with Crippen LogP contribution in [0.15, 0.2) is 24.3 Å². The van der Waals surface area contributed by atoms with Crippen molar-refractivity contribution in [1.82, 2.24) is 0 Å². The van der Waals surface area contributed by atoms with Gasteiger partial charge in [-0.3, -0.25) is 4.79 Å². The molecule has 1 aliphatic heterocycles. The van der Waals surface area contributed by atoms with Crippen LogP contribution in [0.1, 0.15) is 12.0 Å². The number of carbonyl (C=O) groups is 1. The van der Waals surface area contributed by atoms with Crippen LogP contribution in [0.3, 0.4) is 0 Å². The highest BCUT2D eigenvalue weighted by Crippen LogP contribution is 2.32. The van der Waals surface area contributed by atoms with Crippen LogP contribution < -0.4 is 4.90 Å². The van der Waals surface area contributed by atoms with Crippen molar-refractivity contribution in [3.8, 4) is 0 Å². The lowest BCUT2D eigenvalue weighted by Crippen LogP contribution is -2.27. The molecule has 2 nitrogen and oxygen atoms in total. The Morgan fingerprint density at radius 3 is 2.24 bits per heavy atom. The molecule has 1 atom stereocenters. The van der Waals surface area contributed by atoms with E-state index >= 15 is 0 Å². The Labute approximate surface area is 105 Å². The molecule has 0 aliphatic carbocycles. The van der Waals surface area contributed by atoms with Gasteiger partial charge < -0.3 is 4.90 Å². The predicted octanol–water partition coefficient (Wildman–Crippen LogP) is 3.21. The molecule has 17 heavy (non-hydrogen) atoms. The minimum absolute atomic E-state index is 0.107. The second-order valence-electron chi connectivity index (χ2n) is 3.79. The van der Waals surface area contributed by atoms with Crippen LogP contribution in [0.25, 0.3) is 0 Å². The Bertz CT molecular complexity index is 429. The first-order valence-corrected chi connectivity index (χ1v) is 5.94. The highest BCUT2D eigenvalue weighted by Gasteiger charge is 2.32. The summed E-state index contributed by atoms with van der Waals surface area (Å²) in [4.78, 5) is 12.9. The van der Waals surface area contributed by atoms with Gasteiger partial charge in [0.1, 0.15) is 0 Å². The molecule has 1 fully saturated rings. The summed E-state index contributed by atoms with van der Waals surface area (Å²) in [5, 5.41) is 0. The topological polar surface area (TPSA) is 20.3 Å².